The molecule has 0 radical (unpaired) electrons. The molecule has 0 unspecified atom stereocenters. The van der Waals surface area contributed by atoms with Gasteiger partial charge in [-0.05, 0) is 24.1 Å². The van der Waals surface area contributed by atoms with Gasteiger partial charge in [-0.1, -0.05) is 12.1 Å². The lowest BCUT2D eigenvalue weighted by molar-refractivity contribution is -0.130. The van der Waals surface area contributed by atoms with Crippen molar-refractivity contribution in [1.29, 1.82) is 0 Å². The summed E-state index contributed by atoms with van der Waals surface area (Å²) in [4.78, 5) is 13.6. The molecule has 3 nitrogen and oxygen atoms in total. The van der Waals surface area contributed by atoms with Crippen molar-refractivity contribution in [3.63, 3.8) is 0 Å². The first-order chi connectivity index (χ1) is 7.72. The summed E-state index contributed by atoms with van der Waals surface area (Å²) in [6.07, 6.45) is 1.35. The lowest BCUT2D eigenvalue weighted by atomic mass is 9.97. The summed E-state index contributed by atoms with van der Waals surface area (Å²) in [6, 6.07) is 6.43. The van der Waals surface area contributed by atoms with Crippen molar-refractivity contribution in [2.24, 2.45) is 0 Å². The third kappa shape index (κ3) is 1.19. The fourth-order valence-electron chi connectivity index (χ4n) is 2.77. The van der Waals surface area contributed by atoms with Crippen LogP contribution >= 0.6 is 0 Å². The highest BCUT2D eigenvalue weighted by molar-refractivity contribution is 5.80. The summed E-state index contributed by atoms with van der Waals surface area (Å²) in [6.45, 7) is 1.55. The van der Waals surface area contributed by atoms with Gasteiger partial charge in [-0.3, -0.25) is 10.1 Å². The van der Waals surface area contributed by atoms with Crippen LogP contribution in [0, 0.1) is 5.82 Å². The predicted octanol–water partition coefficient (Wildman–Crippen LogP) is 1.20. The zero-order chi connectivity index (χ0) is 11.2. The average Bonchev–Trinajstić information content (AvgIpc) is 2.82. The van der Waals surface area contributed by atoms with Crippen molar-refractivity contribution in [3.05, 3.63) is 35.6 Å². The molecule has 0 spiro atoms. The van der Waals surface area contributed by atoms with Gasteiger partial charge in [0.2, 0.25) is 5.91 Å². The van der Waals surface area contributed by atoms with E-state index in [9.17, 15) is 9.18 Å². The van der Waals surface area contributed by atoms with E-state index in [-0.39, 0.29) is 17.4 Å². The van der Waals surface area contributed by atoms with Crippen LogP contribution in [0.2, 0.25) is 0 Å². The number of hydrogen-bond acceptors (Lipinski definition) is 2. The Morgan fingerprint density at radius 1 is 1.31 bits per heavy atom. The molecule has 1 atom stereocenters. The molecule has 2 fully saturated rings. The number of rotatable bonds is 1. The van der Waals surface area contributed by atoms with Gasteiger partial charge in [-0.2, -0.15) is 0 Å². The Bertz CT molecular complexity index is 431. The number of nitrogens with one attached hydrogen (secondary N) is 1. The Morgan fingerprint density at radius 3 is 2.81 bits per heavy atom. The lowest BCUT2D eigenvalue weighted by Gasteiger charge is -2.32. The van der Waals surface area contributed by atoms with Gasteiger partial charge in [0.1, 0.15) is 11.5 Å². The summed E-state index contributed by atoms with van der Waals surface area (Å²) >= 11 is 0. The molecule has 0 saturated carbocycles. The van der Waals surface area contributed by atoms with Crippen LogP contribution in [0.25, 0.3) is 0 Å². The van der Waals surface area contributed by atoms with Gasteiger partial charge in [0, 0.05) is 19.5 Å². The second kappa shape index (κ2) is 3.28. The van der Waals surface area contributed by atoms with E-state index >= 15 is 0 Å². The molecule has 1 aromatic carbocycles. The SMILES string of the molecule is O=C1CC[C@@]2(c3ccc(F)cc3)NCCN12. The minimum Gasteiger partial charge on any atom is -0.319 e. The number of halogens is 1. The predicted molar refractivity (Wildman–Crippen MR) is 57.0 cm³/mol. The van der Waals surface area contributed by atoms with E-state index in [1.807, 2.05) is 4.90 Å². The fraction of sp³-hybridized carbons (Fsp3) is 0.417. The van der Waals surface area contributed by atoms with Crippen molar-refractivity contribution in [3.8, 4) is 0 Å². The number of amides is 1. The van der Waals surface area contributed by atoms with Crippen LogP contribution in [0.15, 0.2) is 24.3 Å². The number of nitrogens with zero attached hydrogens (tertiary/aromatic N) is 1. The van der Waals surface area contributed by atoms with Crippen molar-refractivity contribution in [2.75, 3.05) is 13.1 Å². The lowest BCUT2D eigenvalue weighted by Crippen LogP contribution is -2.45. The summed E-state index contributed by atoms with van der Waals surface area (Å²) in [5, 5.41) is 3.38. The zero-order valence-electron chi connectivity index (χ0n) is 8.87. The Kier molecular flexibility index (Phi) is 2.01. The maximum Gasteiger partial charge on any atom is 0.224 e. The second-order valence-corrected chi connectivity index (χ2v) is 4.34. The first kappa shape index (κ1) is 9.78. The van der Waals surface area contributed by atoms with Crippen LogP contribution in [0.1, 0.15) is 18.4 Å². The van der Waals surface area contributed by atoms with E-state index in [1.54, 1.807) is 12.1 Å². The van der Waals surface area contributed by atoms with E-state index in [4.69, 9.17) is 0 Å². The van der Waals surface area contributed by atoms with E-state index < -0.39 is 0 Å². The van der Waals surface area contributed by atoms with E-state index in [1.165, 1.54) is 12.1 Å². The molecule has 1 N–H and O–H groups in total. The minimum absolute atomic E-state index is 0.189. The topological polar surface area (TPSA) is 32.3 Å². The first-order valence-corrected chi connectivity index (χ1v) is 5.54. The van der Waals surface area contributed by atoms with Crippen molar-refractivity contribution >= 4 is 5.91 Å². The Morgan fingerprint density at radius 2 is 2.06 bits per heavy atom. The summed E-state index contributed by atoms with van der Waals surface area (Å²) in [7, 11) is 0. The van der Waals surface area contributed by atoms with Gasteiger partial charge in [0.05, 0.1) is 0 Å². The third-order valence-electron chi connectivity index (χ3n) is 3.54. The highest BCUT2D eigenvalue weighted by atomic mass is 19.1. The number of fused-ring (bicyclic) bond motifs is 1. The molecule has 2 aliphatic rings. The van der Waals surface area contributed by atoms with Gasteiger partial charge < -0.3 is 4.90 Å². The highest BCUT2D eigenvalue weighted by Crippen LogP contribution is 2.39. The van der Waals surface area contributed by atoms with Crippen molar-refractivity contribution < 1.29 is 9.18 Å². The number of benzene rings is 1. The Hall–Kier alpha value is -1.42. The standard InChI is InChI=1S/C12H13FN2O/c13-10-3-1-9(2-4-10)12-6-5-11(16)15(12)8-7-14-12/h1-4,14H,5-8H2/t12-/m1/s1. The van der Waals surface area contributed by atoms with Gasteiger partial charge >= 0.3 is 0 Å². The maximum absolute atomic E-state index is 12.9. The normalized spacial score (nSPS) is 28.6. The fourth-order valence-corrected chi connectivity index (χ4v) is 2.77. The highest BCUT2D eigenvalue weighted by Gasteiger charge is 2.49. The van der Waals surface area contributed by atoms with Crippen LogP contribution in [0.5, 0.6) is 0 Å². The first-order valence-electron chi connectivity index (χ1n) is 5.54. The smallest absolute Gasteiger partial charge is 0.224 e. The number of carbonyl (C=O) groups excluding carboxylic acids is 1. The minimum atomic E-state index is -0.370. The molecule has 0 bridgehead atoms. The molecule has 0 aromatic heterocycles. The quantitative estimate of drug-likeness (QED) is 0.771. The average molecular weight is 220 g/mol. The van der Waals surface area contributed by atoms with Gasteiger partial charge in [-0.25, -0.2) is 4.39 Å². The maximum atomic E-state index is 12.9. The molecule has 2 heterocycles. The monoisotopic (exact) mass is 220 g/mol. The largest absolute Gasteiger partial charge is 0.319 e. The molecule has 0 aliphatic carbocycles. The van der Waals surface area contributed by atoms with Crippen LogP contribution in [-0.2, 0) is 10.5 Å². The third-order valence-corrected chi connectivity index (χ3v) is 3.54. The molecule has 16 heavy (non-hydrogen) atoms. The zero-order valence-corrected chi connectivity index (χ0v) is 8.87. The number of carbonyl (C=O) groups is 1. The molecule has 3 rings (SSSR count). The van der Waals surface area contributed by atoms with E-state index in [0.29, 0.717) is 6.42 Å². The van der Waals surface area contributed by atoms with Crippen molar-refractivity contribution in [2.45, 2.75) is 18.5 Å². The molecule has 2 saturated heterocycles. The van der Waals surface area contributed by atoms with Gasteiger partial charge in [0.25, 0.3) is 0 Å². The molecular weight excluding hydrogens is 207 g/mol. The molecule has 1 aromatic rings. The summed E-state index contributed by atoms with van der Waals surface area (Å²) in [5.74, 6) is -0.0525. The molecule has 4 heteroatoms. The molecule has 1 amide bonds. The van der Waals surface area contributed by atoms with Crippen LogP contribution < -0.4 is 5.32 Å². The molecule has 2 aliphatic heterocycles. The summed E-state index contributed by atoms with van der Waals surface area (Å²) < 4.78 is 12.9. The van der Waals surface area contributed by atoms with Crippen LogP contribution in [0.3, 0.4) is 0 Å². The van der Waals surface area contributed by atoms with Crippen LogP contribution in [-0.4, -0.2) is 23.9 Å². The molecular formula is C12H13FN2O. The van der Waals surface area contributed by atoms with E-state index in [2.05, 4.69) is 5.32 Å². The Labute approximate surface area is 93.2 Å². The van der Waals surface area contributed by atoms with E-state index in [0.717, 1.165) is 25.1 Å². The second-order valence-electron chi connectivity index (χ2n) is 4.34. The number of hydrogen-bond donors (Lipinski definition) is 1. The Balaban J connectivity index is 2.04. The molecule has 84 valence electrons. The summed E-state index contributed by atoms with van der Waals surface area (Å²) in [5.41, 5.74) is 0.613. The van der Waals surface area contributed by atoms with Gasteiger partial charge in [0.15, 0.2) is 0 Å². The van der Waals surface area contributed by atoms with Crippen LogP contribution in [0.4, 0.5) is 4.39 Å². The van der Waals surface area contributed by atoms with Gasteiger partial charge in [-0.15, -0.1) is 0 Å². The van der Waals surface area contributed by atoms with Crippen molar-refractivity contribution in [1.82, 2.24) is 10.2 Å².